The number of hydrogen-bond donors (Lipinski definition) is 1. The minimum Gasteiger partial charge on any atom is -0.507 e. The standard InChI is InChI=1S/C15H20O6/c1-4-19-11-7-10(8-13(17)20-5-2)14(12(16)9-11)15(18)21-6-3/h7,9,16H,4-6,8H2,1-3H3. The van der Waals surface area contributed by atoms with Gasteiger partial charge in [0.15, 0.2) is 0 Å². The highest BCUT2D eigenvalue weighted by atomic mass is 16.5. The van der Waals surface area contributed by atoms with Crippen LogP contribution < -0.4 is 4.74 Å². The molecule has 1 aromatic carbocycles. The fraction of sp³-hybridized carbons (Fsp3) is 0.467. The molecule has 0 unspecified atom stereocenters. The summed E-state index contributed by atoms with van der Waals surface area (Å²) in [5.41, 5.74) is 0.281. The summed E-state index contributed by atoms with van der Waals surface area (Å²) >= 11 is 0. The van der Waals surface area contributed by atoms with E-state index in [0.717, 1.165) is 0 Å². The van der Waals surface area contributed by atoms with Gasteiger partial charge in [-0.1, -0.05) is 0 Å². The number of carbonyl (C=O) groups excluding carboxylic acids is 2. The van der Waals surface area contributed by atoms with Gasteiger partial charge >= 0.3 is 11.9 Å². The second-order valence-corrected chi connectivity index (χ2v) is 4.11. The molecule has 6 heteroatoms. The molecular weight excluding hydrogens is 276 g/mol. The van der Waals surface area contributed by atoms with Gasteiger partial charge in [0.25, 0.3) is 0 Å². The molecule has 0 saturated heterocycles. The highest BCUT2D eigenvalue weighted by molar-refractivity contribution is 5.95. The zero-order valence-electron chi connectivity index (χ0n) is 12.5. The number of hydrogen-bond acceptors (Lipinski definition) is 6. The quantitative estimate of drug-likeness (QED) is 0.776. The molecule has 0 fully saturated rings. The van der Waals surface area contributed by atoms with Crippen molar-refractivity contribution in [1.82, 2.24) is 0 Å². The highest BCUT2D eigenvalue weighted by Crippen LogP contribution is 2.29. The Morgan fingerprint density at radius 1 is 1.05 bits per heavy atom. The van der Waals surface area contributed by atoms with Crippen LogP contribution in [0.2, 0.25) is 0 Å². The summed E-state index contributed by atoms with van der Waals surface area (Å²) in [4.78, 5) is 23.5. The minimum absolute atomic E-state index is 0.0339. The minimum atomic E-state index is -0.683. The molecule has 0 heterocycles. The second-order valence-electron chi connectivity index (χ2n) is 4.11. The van der Waals surface area contributed by atoms with Gasteiger partial charge in [0.1, 0.15) is 17.1 Å². The van der Waals surface area contributed by atoms with Gasteiger partial charge in [-0.3, -0.25) is 4.79 Å². The van der Waals surface area contributed by atoms with Crippen LogP contribution in [0.5, 0.6) is 11.5 Å². The van der Waals surface area contributed by atoms with Gasteiger partial charge in [-0.25, -0.2) is 4.79 Å². The third-order valence-corrected chi connectivity index (χ3v) is 2.60. The molecule has 0 bridgehead atoms. The maximum atomic E-state index is 11.9. The lowest BCUT2D eigenvalue weighted by Gasteiger charge is -2.13. The molecule has 0 atom stereocenters. The summed E-state index contributed by atoms with van der Waals surface area (Å²) in [5, 5.41) is 10.0. The van der Waals surface area contributed by atoms with Crippen LogP contribution in [0.4, 0.5) is 0 Å². The van der Waals surface area contributed by atoms with Gasteiger partial charge in [-0.05, 0) is 32.4 Å². The molecule has 0 aliphatic rings. The van der Waals surface area contributed by atoms with Crippen LogP contribution in [0.3, 0.4) is 0 Å². The lowest BCUT2D eigenvalue weighted by Crippen LogP contribution is -2.14. The van der Waals surface area contributed by atoms with E-state index in [4.69, 9.17) is 14.2 Å². The summed E-state index contributed by atoms with van der Waals surface area (Å²) in [6.07, 6.45) is -0.142. The first-order valence-electron chi connectivity index (χ1n) is 6.84. The van der Waals surface area contributed by atoms with Crippen molar-refractivity contribution in [2.75, 3.05) is 19.8 Å². The Balaban J connectivity index is 3.19. The molecule has 1 N–H and O–H groups in total. The Hall–Kier alpha value is -2.24. The zero-order valence-corrected chi connectivity index (χ0v) is 12.5. The molecule has 116 valence electrons. The summed E-state index contributed by atoms with van der Waals surface area (Å²) in [7, 11) is 0. The van der Waals surface area contributed by atoms with Gasteiger partial charge in [0.05, 0.1) is 26.2 Å². The third kappa shape index (κ3) is 4.66. The van der Waals surface area contributed by atoms with Crippen molar-refractivity contribution in [3.8, 4) is 11.5 Å². The van der Waals surface area contributed by atoms with Crippen molar-refractivity contribution < 1.29 is 28.9 Å². The van der Waals surface area contributed by atoms with E-state index < -0.39 is 11.9 Å². The predicted molar refractivity (Wildman–Crippen MR) is 75.6 cm³/mol. The number of benzene rings is 1. The van der Waals surface area contributed by atoms with E-state index >= 15 is 0 Å². The van der Waals surface area contributed by atoms with E-state index in [0.29, 0.717) is 17.9 Å². The van der Waals surface area contributed by atoms with Crippen LogP contribution in [0.1, 0.15) is 36.7 Å². The maximum absolute atomic E-state index is 11.9. The molecular formula is C15H20O6. The zero-order chi connectivity index (χ0) is 15.8. The van der Waals surface area contributed by atoms with Crippen LogP contribution in [-0.4, -0.2) is 36.9 Å². The van der Waals surface area contributed by atoms with Crippen LogP contribution >= 0.6 is 0 Å². The summed E-state index contributed by atoms with van der Waals surface area (Å²) in [5.74, 6) is -1.07. The van der Waals surface area contributed by atoms with Gasteiger partial charge < -0.3 is 19.3 Å². The Bertz CT molecular complexity index is 509. The maximum Gasteiger partial charge on any atom is 0.342 e. The van der Waals surface area contributed by atoms with Crippen molar-refractivity contribution in [2.45, 2.75) is 27.2 Å². The number of ether oxygens (including phenoxy) is 3. The van der Waals surface area contributed by atoms with E-state index in [2.05, 4.69) is 0 Å². The van der Waals surface area contributed by atoms with Crippen molar-refractivity contribution >= 4 is 11.9 Å². The van der Waals surface area contributed by atoms with E-state index in [1.807, 2.05) is 0 Å². The molecule has 0 spiro atoms. The van der Waals surface area contributed by atoms with Gasteiger partial charge in [-0.15, -0.1) is 0 Å². The third-order valence-electron chi connectivity index (χ3n) is 2.60. The molecule has 0 aromatic heterocycles. The monoisotopic (exact) mass is 296 g/mol. The topological polar surface area (TPSA) is 82.1 Å². The highest BCUT2D eigenvalue weighted by Gasteiger charge is 2.21. The van der Waals surface area contributed by atoms with E-state index in [1.165, 1.54) is 12.1 Å². The SMILES string of the molecule is CCOC(=O)Cc1cc(OCC)cc(O)c1C(=O)OCC. The second kappa shape index (κ2) is 8.14. The first-order chi connectivity index (χ1) is 10.0. The van der Waals surface area contributed by atoms with E-state index in [-0.39, 0.29) is 30.9 Å². The van der Waals surface area contributed by atoms with E-state index in [1.54, 1.807) is 20.8 Å². The average Bonchev–Trinajstić information content (AvgIpc) is 2.39. The van der Waals surface area contributed by atoms with Gasteiger partial charge in [0, 0.05) is 6.07 Å². The Morgan fingerprint density at radius 3 is 2.29 bits per heavy atom. The van der Waals surface area contributed by atoms with Crippen LogP contribution in [-0.2, 0) is 20.7 Å². The average molecular weight is 296 g/mol. The largest absolute Gasteiger partial charge is 0.507 e. The molecule has 21 heavy (non-hydrogen) atoms. The Kier molecular flexibility index (Phi) is 6.52. The van der Waals surface area contributed by atoms with Crippen LogP contribution in [0.25, 0.3) is 0 Å². The number of esters is 2. The van der Waals surface area contributed by atoms with Crippen molar-refractivity contribution in [3.05, 3.63) is 23.3 Å². The summed E-state index contributed by atoms with van der Waals surface area (Å²) in [6, 6.07) is 2.86. The molecule has 1 rings (SSSR count). The van der Waals surface area contributed by atoms with E-state index in [9.17, 15) is 14.7 Å². The first-order valence-corrected chi connectivity index (χ1v) is 6.84. The Morgan fingerprint density at radius 2 is 1.71 bits per heavy atom. The van der Waals surface area contributed by atoms with Crippen LogP contribution in [0.15, 0.2) is 12.1 Å². The normalized spacial score (nSPS) is 10.0. The first kappa shape index (κ1) is 16.8. The van der Waals surface area contributed by atoms with Gasteiger partial charge in [-0.2, -0.15) is 0 Å². The molecule has 0 aliphatic heterocycles. The fourth-order valence-electron chi connectivity index (χ4n) is 1.85. The predicted octanol–water partition coefficient (Wildman–Crippen LogP) is 2.07. The van der Waals surface area contributed by atoms with Gasteiger partial charge in [0.2, 0.25) is 0 Å². The van der Waals surface area contributed by atoms with Crippen molar-refractivity contribution in [3.63, 3.8) is 0 Å². The van der Waals surface area contributed by atoms with Crippen LogP contribution in [0, 0.1) is 0 Å². The Labute approximate surface area is 123 Å². The van der Waals surface area contributed by atoms with Crippen molar-refractivity contribution in [2.24, 2.45) is 0 Å². The van der Waals surface area contributed by atoms with Crippen molar-refractivity contribution in [1.29, 1.82) is 0 Å². The molecule has 6 nitrogen and oxygen atoms in total. The number of aromatic hydroxyl groups is 1. The molecule has 0 saturated carbocycles. The lowest BCUT2D eigenvalue weighted by atomic mass is 10.0. The fourth-order valence-corrected chi connectivity index (χ4v) is 1.85. The molecule has 1 aromatic rings. The summed E-state index contributed by atoms with van der Waals surface area (Å²) in [6.45, 7) is 5.96. The molecule has 0 aliphatic carbocycles. The number of rotatable bonds is 7. The summed E-state index contributed by atoms with van der Waals surface area (Å²) < 4.78 is 15.1. The smallest absolute Gasteiger partial charge is 0.342 e. The molecule has 0 radical (unpaired) electrons. The molecule has 0 amide bonds. The number of phenolic OH excluding ortho intramolecular Hbond substituents is 1. The number of phenols is 1. The lowest BCUT2D eigenvalue weighted by molar-refractivity contribution is -0.142. The number of carbonyl (C=O) groups is 2.